The topological polar surface area (TPSA) is 64.0 Å². The van der Waals surface area contributed by atoms with Gasteiger partial charge in [-0.25, -0.2) is 13.1 Å². The number of rotatable bonds is 5. The lowest BCUT2D eigenvalue weighted by atomic mass is 10.2. The number of hydrogen-bond acceptors (Lipinski definition) is 3. The molecule has 0 unspecified atom stereocenters. The van der Waals surface area contributed by atoms with Crippen LogP contribution in [0.2, 0.25) is 0 Å². The van der Waals surface area contributed by atoms with Crippen molar-refractivity contribution in [2.24, 2.45) is 7.05 Å². The second-order valence-electron chi connectivity index (χ2n) is 4.66. The third kappa shape index (κ3) is 4.15. The van der Waals surface area contributed by atoms with Crippen molar-refractivity contribution in [3.63, 3.8) is 0 Å². The van der Waals surface area contributed by atoms with Crippen LogP contribution >= 0.6 is 31.9 Å². The Morgan fingerprint density at radius 3 is 2.62 bits per heavy atom. The van der Waals surface area contributed by atoms with Gasteiger partial charge >= 0.3 is 0 Å². The lowest BCUT2D eigenvalue weighted by molar-refractivity contribution is 0.580. The molecule has 2 aromatic rings. The molecule has 8 heteroatoms. The molecule has 0 bridgehead atoms. The molecule has 5 nitrogen and oxygen atoms in total. The summed E-state index contributed by atoms with van der Waals surface area (Å²) in [5, 5.41) is 4.21. The zero-order chi connectivity index (χ0) is 15.6. The maximum atomic E-state index is 12.3. The highest BCUT2D eigenvalue weighted by atomic mass is 79.9. The number of sulfonamides is 1. The summed E-state index contributed by atoms with van der Waals surface area (Å²) in [6, 6.07) is 5.24. The summed E-state index contributed by atoms with van der Waals surface area (Å²) in [7, 11) is -1.73. The van der Waals surface area contributed by atoms with Gasteiger partial charge in [0.2, 0.25) is 10.0 Å². The highest BCUT2D eigenvalue weighted by Crippen LogP contribution is 2.28. The second-order valence-corrected chi connectivity index (χ2v) is 8.10. The van der Waals surface area contributed by atoms with Crippen LogP contribution in [-0.2, 0) is 23.5 Å². The molecule has 2 rings (SSSR count). The van der Waals surface area contributed by atoms with Gasteiger partial charge in [0, 0.05) is 35.2 Å². The van der Waals surface area contributed by atoms with Gasteiger partial charge in [-0.3, -0.25) is 4.68 Å². The number of nitrogens with zero attached hydrogens (tertiary/aromatic N) is 2. The van der Waals surface area contributed by atoms with Crippen LogP contribution in [0, 0.1) is 6.92 Å². The molecule has 114 valence electrons. The van der Waals surface area contributed by atoms with Crippen LogP contribution in [0.3, 0.4) is 0 Å². The normalized spacial score (nSPS) is 11.8. The number of aryl methyl sites for hydroxylation is 2. The molecule has 0 fully saturated rings. The average Bonchev–Trinajstić information content (AvgIpc) is 2.79. The van der Waals surface area contributed by atoms with Gasteiger partial charge < -0.3 is 0 Å². The third-order valence-electron chi connectivity index (χ3n) is 2.94. The first-order valence-electron chi connectivity index (χ1n) is 6.23. The van der Waals surface area contributed by atoms with E-state index in [4.69, 9.17) is 0 Å². The summed E-state index contributed by atoms with van der Waals surface area (Å²) >= 11 is 6.66. The zero-order valence-corrected chi connectivity index (χ0v) is 15.6. The van der Waals surface area contributed by atoms with Gasteiger partial charge in [-0.2, -0.15) is 5.10 Å². The van der Waals surface area contributed by atoms with E-state index in [9.17, 15) is 8.42 Å². The van der Waals surface area contributed by atoms with Crippen LogP contribution in [0.1, 0.15) is 11.3 Å². The Morgan fingerprint density at radius 1 is 1.29 bits per heavy atom. The molecule has 0 saturated heterocycles. The minimum atomic E-state index is -3.56. The maximum Gasteiger partial charge on any atom is 0.241 e. The summed E-state index contributed by atoms with van der Waals surface area (Å²) in [6.07, 6.45) is 2.38. The largest absolute Gasteiger partial charge is 0.276 e. The van der Waals surface area contributed by atoms with Crippen molar-refractivity contribution in [2.75, 3.05) is 6.54 Å². The lowest BCUT2D eigenvalue weighted by Gasteiger charge is -2.10. The second kappa shape index (κ2) is 6.60. The first kappa shape index (κ1) is 16.7. The fraction of sp³-hybridized carbons (Fsp3) is 0.308. The molecule has 1 aromatic carbocycles. The average molecular weight is 437 g/mol. The third-order valence-corrected chi connectivity index (χ3v) is 6.22. The molecule has 0 atom stereocenters. The van der Waals surface area contributed by atoms with Gasteiger partial charge in [-0.15, -0.1) is 0 Å². The molecule has 0 aliphatic carbocycles. The van der Waals surface area contributed by atoms with Crippen molar-refractivity contribution in [3.8, 4) is 0 Å². The van der Waals surface area contributed by atoms with E-state index in [1.807, 2.05) is 26.2 Å². The number of hydrogen-bond donors (Lipinski definition) is 1. The van der Waals surface area contributed by atoms with E-state index < -0.39 is 10.0 Å². The Kier molecular flexibility index (Phi) is 5.24. The van der Waals surface area contributed by atoms with Crippen LogP contribution < -0.4 is 4.72 Å². The molecule has 1 heterocycles. The summed E-state index contributed by atoms with van der Waals surface area (Å²) in [6.45, 7) is 2.21. The van der Waals surface area contributed by atoms with E-state index >= 15 is 0 Å². The molecule has 0 saturated carbocycles. The number of nitrogens with one attached hydrogen (secondary N) is 1. The summed E-state index contributed by atoms with van der Waals surface area (Å²) in [5.41, 5.74) is 1.82. The zero-order valence-electron chi connectivity index (χ0n) is 11.6. The fourth-order valence-electron chi connectivity index (χ4n) is 1.82. The van der Waals surface area contributed by atoms with E-state index in [1.165, 1.54) is 0 Å². The first-order chi connectivity index (χ1) is 9.79. The predicted octanol–water partition coefficient (Wildman–Crippen LogP) is 2.77. The molecule has 0 aliphatic heterocycles. The molecular weight excluding hydrogens is 422 g/mol. The molecule has 0 aliphatic rings. The van der Waals surface area contributed by atoms with Gasteiger partial charge in [-0.1, -0.05) is 15.9 Å². The summed E-state index contributed by atoms with van der Waals surface area (Å²) in [4.78, 5) is 0.223. The van der Waals surface area contributed by atoms with E-state index in [-0.39, 0.29) is 4.90 Å². The van der Waals surface area contributed by atoms with Gasteiger partial charge in [0.25, 0.3) is 0 Å². The van der Waals surface area contributed by atoms with Gasteiger partial charge in [0.1, 0.15) is 0 Å². The summed E-state index contributed by atoms with van der Waals surface area (Å²) < 4.78 is 30.2. The molecular formula is C13H15Br2N3O2S. The Labute approximate surface area is 141 Å². The van der Waals surface area contributed by atoms with E-state index in [1.54, 1.807) is 16.8 Å². The Morgan fingerprint density at radius 2 is 2.00 bits per heavy atom. The minimum absolute atomic E-state index is 0.223. The van der Waals surface area contributed by atoms with E-state index in [0.29, 0.717) is 17.4 Å². The van der Waals surface area contributed by atoms with Gasteiger partial charge in [0.05, 0.1) is 10.6 Å². The molecule has 0 spiro atoms. The van der Waals surface area contributed by atoms with Crippen LogP contribution in [0.25, 0.3) is 0 Å². The van der Waals surface area contributed by atoms with Crippen molar-refractivity contribution >= 4 is 41.9 Å². The summed E-state index contributed by atoms with van der Waals surface area (Å²) in [5.74, 6) is 0. The quantitative estimate of drug-likeness (QED) is 0.783. The highest BCUT2D eigenvalue weighted by Gasteiger charge is 2.18. The Bertz CT molecular complexity index is 757. The first-order valence-corrected chi connectivity index (χ1v) is 9.30. The van der Waals surface area contributed by atoms with Crippen molar-refractivity contribution in [2.45, 2.75) is 18.2 Å². The highest BCUT2D eigenvalue weighted by molar-refractivity contribution is 9.11. The van der Waals surface area contributed by atoms with Gasteiger partial charge in [0.15, 0.2) is 0 Å². The monoisotopic (exact) mass is 435 g/mol. The van der Waals surface area contributed by atoms with Crippen molar-refractivity contribution in [1.82, 2.24) is 14.5 Å². The number of halogens is 2. The van der Waals surface area contributed by atoms with Crippen LogP contribution in [-0.4, -0.2) is 24.7 Å². The van der Waals surface area contributed by atoms with E-state index in [0.717, 1.165) is 15.7 Å². The number of aromatic nitrogens is 2. The van der Waals surface area contributed by atoms with E-state index in [2.05, 4.69) is 41.7 Å². The number of benzene rings is 1. The SMILES string of the molecule is Cc1cc(Br)c(S(=O)(=O)NCCc2ccn(C)n2)cc1Br. The molecule has 1 N–H and O–H groups in total. The lowest BCUT2D eigenvalue weighted by Crippen LogP contribution is -2.26. The van der Waals surface area contributed by atoms with Crippen LogP contribution in [0.4, 0.5) is 0 Å². The Hall–Kier alpha value is -0.700. The minimum Gasteiger partial charge on any atom is -0.276 e. The predicted molar refractivity (Wildman–Crippen MR) is 88.7 cm³/mol. The van der Waals surface area contributed by atoms with Gasteiger partial charge in [-0.05, 0) is 46.6 Å². The van der Waals surface area contributed by atoms with Crippen LogP contribution in [0.15, 0.2) is 38.2 Å². The van der Waals surface area contributed by atoms with Crippen molar-refractivity contribution < 1.29 is 8.42 Å². The smallest absolute Gasteiger partial charge is 0.241 e. The van der Waals surface area contributed by atoms with Crippen molar-refractivity contribution in [1.29, 1.82) is 0 Å². The molecule has 21 heavy (non-hydrogen) atoms. The van der Waals surface area contributed by atoms with Crippen molar-refractivity contribution in [3.05, 3.63) is 44.6 Å². The van der Waals surface area contributed by atoms with Crippen LogP contribution in [0.5, 0.6) is 0 Å². The standard InChI is InChI=1S/C13H15Br2N3O2S/c1-9-7-12(15)13(8-11(9)14)21(19,20)16-5-3-10-4-6-18(2)17-10/h4,6-8,16H,3,5H2,1-2H3. The fourth-order valence-corrected chi connectivity index (χ4v) is 4.53. The molecule has 0 radical (unpaired) electrons. The maximum absolute atomic E-state index is 12.3. The molecule has 0 amide bonds. The Balaban J connectivity index is 2.10. The molecule has 1 aromatic heterocycles.